The van der Waals surface area contributed by atoms with Crippen molar-refractivity contribution in [2.75, 3.05) is 28.2 Å². The van der Waals surface area contributed by atoms with Crippen molar-refractivity contribution in [1.29, 1.82) is 0 Å². The zero-order valence-electron chi connectivity index (χ0n) is 10.4. The van der Waals surface area contributed by atoms with E-state index in [1.807, 2.05) is 43.7 Å². The van der Waals surface area contributed by atoms with Gasteiger partial charge in [0.05, 0.1) is 34.5 Å². The predicted octanol–water partition coefficient (Wildman–Crippen LogP) is -0.655. The second-order valence-corrected chi connectivity index (χ2v) is 4.07. The number of ether oxygens (including phenoxy) is 1. The maximum atomic E-state index is 5.63. The van der Waals surface area contributed by atoms with Crippen LogP contribution >= 0.6 is 0 Å². The number of aromatic nitrogens is 3. The summed E-state index contributed by atoms with van der Waals surface area (Å²) in [5.41, 5.74) is 0.768. The van der Waals surface area contributed by atoms with Gasteiger partial charge in [-0.25, -0.2) is 9.48 Å². The molecule has 1 aromatic heterocycles. The Bertz CT molecular complexity index is 471. The van der Waals surface area contributed by atoms with Crippen molar-refractivity contribution in [2.45, 2.75) is 6.42 Å². The zero-order chi connectivity index (χ0) is 12.4. The van der Waals surface area contributed by atoms with Crippen LogP contribution in [0.15, 0.2) is 12.3 Å². The molecule has 0 radical (unpaired) electrons. The lowest BCUT2D eigenvalue weighted by Gasteiger charge is -2.12. The minimum absolute atomic E-state index is 0.522. The molecule has 0 amide bonds. The van der Waals surface area contributed by atoms with Crippen LogP contribution in [0.25, 0.3) is 0 Å². The average molecular weight is 238 g/mol. The van der Waals surface area contributed by atoms with E-state index in [1.54, 1.807) is 6.26 Å². The van der Waals surface area contributed by atoms with Gasteiger partial charge >= 0.3 is 6.02 Å². The fraction of sp³-hybridized carbons (Fsp3) is 0.500. The van der Waals surface area contributed by atoms with Crippen molar-refractivity contribution < 1.29 is 14.1 Å². The SMILES string of the molecule is CN(C)C(On1nnc2c1OC=CC2)=[N+](C)C. The molecule has 0 aliphatic carbocycles. The first kappa shape index (κ1) is 11.4. The first-order chi connectivity index (χ1) is 8.09. The molecule has 0 saturated carbocycles. The summed E-state index contributed by atoms with van der Waals surface area (Å²) in [5.74, 6) is 0.522. The minimum Gasteiger partial charge on any atom is -0.443 e. The van der Waals surface area contributed by atoms with Gasteiger partial charge in [-0.1, -0.05) is 0 Å². The quantitative estimate of drug-likeness (QED) is 0.369. The molecule has 0 unspecified atom stereocenters. The van der Waals surface area contributed by atoms with Crippen LogP contribution in [-0.2, 0) is 6.42 Å². The molecule has 0 aromatic carbocycles. The highest BCUT2D eigenvalue weighted by molar-refractivity contribution is 5.68. The van der Waals surface area contributed by atoms with Crippen LogP contribution < -0.4 is 9.57 Å². The summed E-state index contributed by atoms with van der Waals surface area (Å²) in [6, 6.07) is 0.635. The van der Waals surface area contributed by atoms with E-state index in [9.17, 15) is 0 Å². The highest BCUT2D eigenvalue weighted by Crippen LogP contribution is 2.19. The Hall–Kier alpha value is -2.05. The van der Waals surface area contributed by atoms with Crippen LogP contribution in [0.4, 0.5) is 0 Å². The second-order valence-electron chi connectivity index (χ2n) is 4.07. The zero-order valence-corrected chi connectivity index (χ0v) is 10.4. The van der Waals surface area contributed by atoms with E-state index in [4.69, 9.17) is 9.57 Å². The Kier molecular flexibility index (Phi) is 2.99. The lowest BCUT2D eigenvalue weighted by Crippen LogP contribution is -2.39. The van der Waals surface area contributed by atoms with Crippen molar-refractivity contribution in [3.63, 3.8) is 0 Å². The molecule has 92 valence electrons. The van der Waals surface area contributed by atoms with Gasteiger partial charge < -0.3 is 4.74 Å². The van der Waals surface area contributed by atoms with Gasteiger partial charge in [-0.3, -0.25) is 4.84 Å². The smallest absolute Gasteiger partial charge is 0.443 e. The summed E-state index contributed by atoms with van der Waals surface area (Å²) < 4.78 is 7.18. The van der Waals surface area contributed by atoms with Gasteiger partial charge in [-0.05, 0) is 16.1 Å². The molecule has 7 heteroatoms. The van der Waals surface area contributed by atoms with Crippen LogP contribution in [-0.4, -0.2) is 58.8 Å². The topological polar surface area (TPSA) is 55.4 Å². The Labute approximate surface area is 99.5 Å². The number of hydrogen-bond acceptors (Lipinski definition) is 4. The lowest BCUT2D eigenvalue weighted by molar-refractivity contribution is -0.480. The third-order valence-corrected chi connectivity index (χ3v) is 2.19. The first-order valence-corrected chi connectivity index (χ1v) is 5.25. The van der Waals surface area contributed by atoms with E-state index in [0.717, 1.165) is 5.69 Å². The summed E-state index contributed by atoms with van der Waals surface area (Å²) >= 11 is 0. The van der Waals surface area contributed by atoms with Gasteiger partial charge in [0.15, 0.2) is 0 Å². The Morgan fingerprint density at radius 1 is 1.53 bits per heavy atom. The maximum absolute atomic E-state index is 5.63. The number of hydrogen-bond donors (Lipinski definition) is 0. The third kappa shape index (κ3) is 2.22. The van der Waals surface area contributed by atoms with E-state index in [-0.39, 0.29) is 0 Å². The molecule has 2 heterocycles. The maximum Gasteiger partial charge on any atom is 0.472 e. The summed E-state index contributed by atoms with van der Waals surface area (Å²) in [4.78, 5) is 8.75. The summed E-state index contributed by atoms with van der Waals surface area (Å²) in [6.07, 6.45) is 4.19. The lowest BCUT2D eigenvalue weighted by atomic mass is 10.3. The third-order valence-electron chi connectivity index (χ3n) is 2.19. The van der Waals surface area contributed by atoms with Crippen molar-refractivity contribution in [1.82, 2.24) is 20.1 Å². The molecule has 1 aliphatic rings. The fourth-order valence-electron chi connectivity index (χ4n) is 1.50. The molecule has 0 atom stereocenters. The Balaban J connectivity index is 2.26. The van der Waals surface area contributed by atoms with E-state index >= 15 is 0 Å². The molecule has 1 aromatic rings. The van der Waals surface area contributed by atoms with Crippen LogP contribution in [0.2, 0.25) is 0 Å². The number of amidine groups is 1. The van der Waals surface area contributed by atoms with E-state index in [1.165, 1.54) is 4.85 Å². The van der Waals surface area contributed by atoms with E-state index in [2.05, 4.69) is 10.3 Å². The Morgan fingerprint density at radius 3 is 2.94 bits per heavy atom. The van der Waals surface area contributed by atoms with Crippen LogP contribution in [0.1, 0.15) is 5.69 Å². The number of nitrogens with zero attached hydrogens (tertiary/aromatic N) is 5. The molecule has 0 saturated heterocycles. The highest BCUT2D eigenvalue weighted by Gasteiger charge is 2.22. The number of allylic oxidation sites excluding steroid dienone is 1. The molecule has 7 nitrogen and oxygen atoms in total. The van der Waals surface area contributed by atoms with Crippen molar-refractivity contribution in [3.8, 4) is 5.88 Å². The normalized spacial score (nSPS) is 12.7. The Morgan fingerprint density at radius 2 is 2.29 bits per heavy atom. The van der Waals surface area contributed by atoms with Crippen LogP contribution in [0, 0.1) is 0 Å². The molecule has 0 spiro atoms. The number of rotatable bonds is 1. The fourth-order valence-corrected chi connectivity index (χ4v) is 1.50. The van der Waals surface area contributed by atoms with Crippen molar-refractivity contribution >= 4 is 6.02 Å². The second kappa shape index (κ2) is 4.44. The van der Waals surface area contributed by atoms with Crippen LogP contribution in [0.3, 0.4) is 0 Å². The van der Waals surface area contributed by atoms with Gasteiger partial charge in [0.2, 0.25) is 0 Å². The first-order valence-electron chi connectivity index (χ1n) is 5.25. The molecule has 2 rings (SSSR count). The van der Waals surface area contributed by atoms with Crippen molar-refractivity contribution in [3.05, 3.63) is 18.0 Å². The largest absolute Gasteiger partial charge is 0.472 e. The molecule has 0 bridgehead atoms. The molecule has 1 aliphatic heterocycles. The molecule has 0 N–H and O–H groups in total. The summed E-state index contributed by atoms with van der Waals surface area (Å²) in [6.45, 7) is 0. The van der Waals surface area contributed by atoms with Gasteiger partial charge in [0.25, 0.3) is 5.88 Å². The molecular formula is C10H16N5O2+. The molecular weight excluding hydrogens is 222 g/mol. The minimum atomic E-state index is 0.522. The highest BCUT2D eigenvalue weighted by atomic mass is 16.7. The van der Waals surface area contributed by atoms with Gasteiger partial charge in [-0.2, -0.15) is 0 Å². The summed E-state index contributed by atoms with van der Waals surface area (Å²) in [5, 5.41) is 7.90. The van der Waals surface area contributed by atoms with Gasteiger partial charge in [-0.15, -0.1) is 5.10 Å². The predicted molar refractivity (Wildman–Crippen MR) is 60.9 cm³/mol. The average Bonchev–Trinajstić information content (AvgIpc) is 2.68. The van der Waals surface area contributed by atoms with Crippen molar-refractivity contribution in [2.24, 2.45) is 0 Å². The summed E-state index contributed by atoms with van der Waals surface area (Å²) in [7, 11) is 7.55. The standard InChI is InChI=1S/C10H16N5O2/c1-13(2)10(14(3)4)17-15-9-8(11-12-15)6-5-7-16-9/h5,7H,6H2,1-4H3/q+1. The molecule has 17 heavy (non-hydrogen) atoms. The van der Waals surface area contributed by atoms with Crippen LogP contribution in [0.5, 0.6) is 5.88 Å². The van der Waals surface area contributed by atoms with E-state index < -0.39 is 0 Å². The van der Waals surface area contributed by atoms with E-state index in [0.29, 0.717) is 18.3 Å². The van der Waals surface area contributed by atoms with Gasteiger partial charge in [0, 0.05) is 6.42 Å². The monoisotopic (exact) mass is 238 g/mol. The molecule has 0 fully saturated rings. The van der Waals surface area contributed by atoms with Gasteiger partial charge in [0.1, 0.15) is 5.69 Å². The number of fused-ring (bicyclic) bond motifs is 1.